The molecule has 1 fully saturated rings. The van der Waals surface area contributed by atoms with E-state index in [0.717, 1.165) is 71.6 Å². The zero-order valence-corrected chi connectivity index (χ0v) is 24.4. The molecule has 224 valence electrons. The highest BCUT2D eigenvalue weighted by Crippen LogP contribution is 2.25. The predicted molar refractivity (Wildman–Crippen MR) is 169 cm³/mol. The standard InChI is InChI=1S/C35H34F2N6O/c36-27-13-9-25(10-14-27)23-42-32-7-3-1-5-30(32)39-34(42)38-29-17-19-41(20-18-29)21-22-44-35-40-31-6-2-4-8-33(31)43(35)24-26-11-15-28(37)16-12-26/h1-16,29H,17-24H2,(H,38,39). The van der Waals surface area contributed by atoms with E-state index in [9.17, 15) is 8.78 Å². The van der Waals surface area contributed by atoms with Gasteiger partial charge >= 0.3 is 0 Å². The Labute approximate surface area is 254 Å². The Morgan fingerprint density at radius 3 is 1.86 bits per heavy atom. The monoisotopic (exact) mass is 592 g/mol. The lowest BCUT2D eigenvalue weighted by atomic mass is 10.1. The summed E-state index contributed by atoms with van der Waals surface area (Å²) in [6, 6.07) is 30.2. The first kappa shape index (κ1) is 28.0. The van der Waals surface area contributed by atoms with Gasteiger partial charge in [-0.25, -0.2) is 13.8 Å². The van der Waals surface area contributed by atoms with Crippen molar-refractivity contribution in [2.45, 2.75) is 32.0 Å². The van der Waals surface area contributed by atoms with Crippen molar-refractivity contribution < 1.29 is 13.5 Å². The van der Waals surface area contributed by atoms with Crippen molar-refractivity contribution in [2.24, 2.45) is 0 Å². The number of hydrogen-bond donors (Lipinski definition) is 1. The third kappa shape index (κ3) is 6.14. The van der Waals surface area contributed by atoms with Gasteiger partial charge in [0.2, 0.25) is 5.95 Å². The number of halogens is 2. The minimum atomic E-state index is -0.247. The molecule has 0 amide bonds. The second-order valence-corrected chi connectivity index (χ2v) is 11.3. The molecular weight excluding hydrogens is 558 g/mol. The number of nitrogens with zero attached hydrogens (tertiary/aromatic N) is 5. The van der Waals surface area contributed by atoms with Crippen molar-refractivity contribution in [3.8, 4) is 6.01 Å². The highest BCUT2D eigenvalue weighted by molar-refractivity contribution is 5.79. The molecular formula is C35H34F2N6O. The summed E-state index contributed by atoms with van der Waals surface area (Å²) in [6.45, 7) is 4.40. The van der Waals surface area contributed by atoms with Crippen LogP contribution in [0.1, 0.15) is 24.0 Å². The first-order chi connectivity index (χ1) is 21.6. The number of anilines is 1. The number of para-hydroxylation sites is 4. The molecule has 0 bridgehead atoms. The highest BCUT2D eigenvalue weighted by atomic mass is 19.1. The molecule has 0 spiro atoms. The fourth-order valence-electron chi connectivity index (χ4n) is 5.96. The van der Waals surface area contributed by atoms with Crippen molar-refractivity contribution >= 4 is 28.0 Å². The maximum absolute atomic E-state index is 13.5. The number of ether oxygens (including phenoxy) is 1. The van der Waals surface area contributed by atoms with Crippen molar-refractivity contribution in [1.82, 2.24) is 24.0 Å². The molecule has 6 aromatic rings. The van der Waals surface area contributed by atoms with Crippen LogP contribution in [-0.2, 0) is 13.1 Å². The maximum atomic E-state index is 13.5. The first-order valence-corrected chi connectivity index (χ1v) is 15.1. The molecule has 0 radical (unpaired) electrons. The summed E-state index contributed by atoms with van der Waals surface area (Å²) >= 11 is 0. The zero-order chi connectivity index (χ0) is 29.9. The number of likely N-dealkylation sites (tertiary alicyclic amines) is 1. The van der Waals surface area contributed by atoms with Crippen molar-refractivity contribution in [3.05, 3.63) is 120 Å². The van der Waals surface area contributed by atoms with Crippen LogP contribution < -0.4 is 10.1 Å². The predicted octanol–water partition coefficient (Wildman–Crippen LogP) is 6.72. The van der Waals surface area contributed by atoms with E-state index < -0.39 is 0 Å². The average Bonchev–Trinajstić information content (AvgIpc) is 3.57. The van der Waals surface area contributed by atoms with Crippen LogP contribution in [0.4, 0.5) is 14.7 Å². The minimum Gasteiger partial charge on any atom is -0.463 e. The zero-order valence-electron chi connectivity index (χ0n) is 24.4. The van der Waals surface area contributed by atoms with Gasteiger partial charge in [0.25, 0.3) is 6.01 Å². The van der Waals surface area contributed by atoms with Crippen LogP contribution in [0, 0.1) is 11.6 Å². The molecule has 7 rings (SSSR count). The molecule has 44 heavy (non-hydrogen) atoms. The number of rotatable bonds is 10. The fraction of sp³-hybridized carbons (Fsp3) is 0.257. The summed E-state index contributed by atoms with van der Waals surface area (Å²) < 4.78 is 37.4. The van der Waals surface area contributed by atoms with E-state index in [-0.39, 0.29) is 11.6 Å². The summed E-state index contributed by atoms with van der Waals surface area (Å²) in [4.78, 5) is 12.1. The van der Waals surface area contributed by atoms with Crippen molar-refractivity contribution in [1.29, 1.82) is 0 Å². The molecule has 0 aliphatic carbocycles. The lowest BCUT2D eigenvalue weighted by Crippen LogP contribution is -2.41. The molecule has 0 saturated carbocycles. The molecule has 1 aliphatic heterocycles. The van der Waals surface area contributed by atoms with Crippen molar-refractivity contribution in [3.63, 3.8) is 0 Å². The second-order valence-electron chi connectivity index (χ2n) is 11.3. The van der Waals surface area contributed by atoms with Gasteiger partial charge in [-0.3, -0.25) is 9.47 Å². The maximum Gasteiger partial charge on any atom is 0.297 e. The Kier molecular flexibility index (Phi) is 7.94. The Morgan fingerprint density at radius 2 is 1.23 bits per heavy atom. The van der Waals surface area contributed by atoms with Crippen LogP contribution in [-0.4, -0.2) is 56.3 Å². The summed E-state index contributed by atoms with van der Waals surface area (Å²) in [6.07, 6.45) is 1.98. The Morgan fingerprint density at radius 1 is 0.682 bits per heavy atom. The van der Waals surface area contributed by atoms with E-state index >= 15 is 0 Å². The van der Waals surface area contributed by atoms with Crippen LogP contribution >= 0.6 is 0 Å². The molecule has 7 nitrogen and oxygen atoms in total. The SMILES string of the molecule is Fc1ccc(Cn2c(NC3CCN(CCOc4nc5ccccc5n4Cc4ccc(F)cc4)CC3)nc3ccccc32)cc1. The van der Waals surface area contributed by atoms with Crippen LogP contribution in [0.25, 0.3) is 22.1 Å². The van der Waals surface area contributed by atoms with Gasteiger partial charge in [-0.1, -0.05) is 48.5 Å². The molecule has 1 N–H and O–H groups in total. The number of hydrogen-bond acceptors (Lipinski definition) is 5. The first-order valence-electron chi connectivity index (χ1n) is 15.1. The van der Waals surface area contributed by atoms with Gasteiger partial charge in [-0.05, 0) is 72.5 Å². The number of piperidine rings is 1. The van der Waals surface area contributed by atoms with Gasteiger partial charge in [0.1, 0.15) is 18.2 Å². The number of aromatic nitrogens is 4. The second kappa shape index (κ2) is 12.5. The normalized spacial score (nSPS) is 14.4. The summed E-state index contributed by atoms with van der Waals surface area (Å²) in [5, 5.41) is 3.71. The molecule has 0 unspecified atom stereocenters. The van der Waals surface area contributed by atoms with Gasteiger partial charge in [-0.2, -0.15) is 4.98 Å². The van der Waals surface area contributed by atoms with E-state index in [0.29, 0.717) is 31.7 Å². The van der Waals surface area contributed by atoms with E-state index in [4.69, 9.17) is 14.7 Å². The molecule has 1 aliphatic rings. The smallest absolute Gasteiger partial charge is 0.297 e. The fourth-order valence-corrected chi connectivity index (χ4v) is 5.96. The largest absolute Gasteiger partial charge is 0.463 e. The van der Waals surface area contributed by atoms with Crippen LogP contribution in [0.2, 0.25) is 0 Å². The molecule has 4 aromatic carbocycles. The Balaban J connectivity index is 0.968. The van der Waals surface area contributed by atoms with E-state index in [1.54, 1.807) is 12.1 Å². The Hall–Kier alpha value is -4.76. The number of imidazole rings is 2. The van der Waals surface area contributed by atoms with Gasteiger partial charge in [0.05, 0.1) is 35.2 Å². The van der Waals surface area contributed by atoms with Gasteiger partial charge in [-0.15, -0.1) is 0 Å². The highest BCUT2D eigenvalue weighted by Gasteiger charge is 2.22. The molecule has 1 saturated heterocycles. The quantitative estimate of drug-likeness (QED) is 0.192. The summed E-state index contributed by atoms with van der Waals surface area (Å²) in [7, 11) is 0. The molecule has 2 aromatic heterocycles. The number of fused-ring (bicyclic) bond motifs is 2. The van der Waals surface area contributed by atoms with E-state index in [1.165, 1.54) is 24.3 Å². The van der Waals surface area contributed by atoms with Gasteiger partial charge in [0, 0.05) is 25.7 Å². The minimum absolute atomic E-state index is 0.233. The summed E-state index contributed by atoms with van der Waals surface area (Å²) in [5.74, 6) is 0.365. The van der Waals surface area contributed by atoms with E-state index in [1.807, 2.05) is 54.6 Å². The lowest BCUT2D eigenvalue weighted by molar-refractivity contribution is 0.169. The van der Waals surface area contributed by atoms with Gasteiger partial charge < -0.3 is 14.6 Å². The topological polar surface area (TPSA) is 60.1 Å². The van der Waals surface area contributed by atoms with E-state index in [2.05, 4.69) is 25.4 Å². The summed E-state index contributed by atoms with van der Waals surface area (Å²) in [5.41, 5.74) is 5.88. The van der Waals surface area contributed by atoms with Crippen LogP contribution in [0.3, 0.4) is 0 Å². The number of benzene rings is 4. The lowest BCUT2D eigenvalue weighted by Gasteiger charge is -2.32. The van der Waals surface area contributed by atoms with Crippen molar-refractivity contribution in [2.75, 3.05) is 31.6 Å². The third-order valence-electron chi connectivity index (χ3n) is 8.34. The van der Waals surface area contributed by atoms with Crippen LogP contribution in [0.15, 0.2) is 97.1 Å². The molecule has 3 heterocycles. The molecule has 9 heteroatoms. The Bertz CT molecular complexity index is 1860. The average molecular weight is 593 g/mol. The van der Waals surface area contributed by atoms with Crippen LogP contribution in [0.5, 0.6) is 6.01 Å². The van der Waals surface area contributed by atoms with Gasteiger partial charge in [0.15, 0.2) is 0 Å². The third-order valence-corrected chi connectivity index (χ3v) is 8.34. The number of nitrogens with one attached hydrogen (secondary N) is 1. The molecule has 0 atom stereocenters.